The standard InChI is InChI=1S/C23H30FN5O2.HI/c1-25-23(27-12-11-26-22(30)17-18-7-9-19(24)10-8-18)29-15-13-28(14-16-29)20-5-3-4-6-21(20)31-2;/h3-10H,11-17H2,1-2H3,(H,25,27)(H,26,30);1H. The van der Waals surface area contributed by atoms with E-state index in [1.54, 1.807) is 26.3 Å². The topological polar surface area (TPSA) is 69.2 Å². The maximum atomic E-state index is 12.9. The van der Waals surface area contributed by atoms with Crippen molar-refractivity contribution in [3.05, 3.63) is 59.9 Å². The highest BCUT2D eigenvalue weighted by molar-refractivity contribution is 14.0. The van der Waals surface area contributed by atoms with Gasteiger partial charge in [0.2, 0.25) is 5.91 Å². The van der Waals surface area contributed by atoms with E-state index in [2.05, 4.69) is 31.5 Å². The minimum atomic E-state index is -0.302. The van der Waals surface area contributed by atoms with Crippen LogP contribution in [0.25, 0.3) is 0 Å². The van der Waals surface area contributed by atoms with Gasteiger partial charge in [-0.05, 0) is 29.8 Å². The summed E-state index contributed by atoms with van der Waals surface area (Å²) >= 11 is 0. The summed E-state index contributed by atoms with van der Waals surface area (Å²) in [6.07, 6.45) is 0.236. The van der Waals surface area contributed by atoms with Gasteiger partial charge in [0.05, 0.1) is 19.2 Å². The van der Waals surface area contributed by atoms with Crippen LogP contribution in [0.15, 0.2) is 53.5 Å². The maximum absolute atomic E-state index is 12.9. The first kappa shape index (κ1) is 25.7. The zero-order valence-electron chi connectivity index (χ0n) is 18.5. The number of carbonyl (C=O) groups excluding carboxylic acids is 1. The Morgan fingerprint density at radius 2 is 1.69 bits per heavy atom. The number of amides is 1. The SMILES string of the molecule is CN=C(NCCNC(=O)Cc1ccc(F)cc1)N1CCN(c2ccccc2OC)CC1.I. The summed E-state index contributed by atoms with van der Waals surface area (Å²) in [5.41, 5.74) is 1.90. The molecule has 2 aromatic rings. The predicted molar refractivity (Wildman–Crippen MR) is 137 cm³/mol. The molecule has 174 valence electrons. The van der Waals surface area contributed by atoms with Gasteiger partial charge in [-0.25, -0.2) is 4.39 Å². The van der Waals surface area contributed by atoms with Crippen LogP contribution < -0.4 is 20.3 Å². The number of piperazine rings is 1. The number of methoxy groups -OCH3 is 1. The van der Waals surface area contributed by atoms with Crippen LogP contribution in [0.1, 0.15) is 5.56 Å². The van der Waals surface area contributed by atoms with Crippen LogP contribution >= 0.6 is 24.0 Å². The van der Waals surface area contributed by atoms with E-state index in [9.17, 15) is 9.18 Å². The van der Waals surface area contributed by atoms with Gasteiger partial charge < -0.3 is 25.2 Å². The highest BCUT2D eigenvalue weighted by Crippen LogP contribution is 2.28. The van der Waals surface area contributed by atoms with Gasteiger partial charge in [-0.3, -0.25) is 9.79 Å². The van der Waals surface area contributed by atoms with Crippen LogP contribution in [0, 0.1) is 5.82 Å². The summed E-state index contributed by atoms with van der Waals surface area (Å²) in [7, 11) is 3.46. The van der Waals surface area contributed by atoms with Crippen molar-refractivity contribution in [3.8, 4) is 5.75 Å². The summed E-state index contributed by atoms with van der Waals surface area (Å²) in [6, 6.07) is 14.0. The molecule has 0 aliphatic carbocycles. The first-order valence-electron chi connectivity index (χ1n) is 10.5. The fourth-order valence-electron chi connectivity index (χ4n) is 3.61. The summed E-state index contributed by atoms with van der Waals surface area (Å²) in [5.74, 6) is 1.32. The van der Waals surface area contributed by atoms with Gasteiger partial charge >= 0.3 is 0 Å². The summed E-state index contributed by atoms with van der Waals surface area (Å²) in [6.45, 7) is 4.49. The number of benzene rings is 2. The lowest BCUT2D eigenvalue weighted by Crippen LogP contribution is -2.53. The van der Waals surface area contributed by atoms with Crippen LogP contribution in [0.5, 0.6) is 5.75 Å². The minimum absolute atomic E-state index is 0. The summed E-state index contributed by atoms with van der Waals surface area (Å²) < 4.78 is 18.4. The number of guanidine groups is 1. The van der Waals surface area contributed by atoms with Gasteiger partial charge in [0.15, 0.2) is 5.96 Å². The zero-order chi connectivity index (χ0) is 22.1. The molecular formula is C23H31FIN5O2. The van der Waals surface area contributed by atoms with Crippen molar-refractivity contribution >= 4 is 41.5 Å². The van der Waals surface area contributed by atoms with Gasteiger partial charge in [-0.1, -0.05) is 24.3 Å². The van der Waals surface area contributed by atoms with Crippen LogP contribution in [0.2, 0.25) is 0 Å². The summed E-state index contributed by atoms with van der Waals surface area (Å²) in [5, 5.41) is 6.19. The lowest BCUT2D eigenvalue weighted by atomic mass is 10.1. The quantitative estimate of drug-likeness (QED) is 0.238. The van der Waals surface area contributed by atoms with E-state index < -0.39 is 0 Å². The number of hydrogen-bond acceptors (Lipinski definition) is 4. The molecule has 3 rings (SSSR count). The Balaban J connectivity index is 0.00000363. The monoisotopic (exact) mass is 555 g/mol. The first-order chi connectivity index (χ1) is 15.1. The maximum Gasteiger partial charge on any atom is 0.224 e. The van der Waals surface area contributed by atoms with Gasteiger partial charge in [0.25, 0.3) is 0 Å². The fraction of sp³-hybridized carbons (Fsp3) is 0.391. The molecule has 32 heavy (non-hydrogen) atoms. The van der Waals surface area contributed by atoms with Crippen molar-refractivity contribution in [2.45, 2.75) is 6.42 Å². The van der Waals surface area contributed by atoms with E-state index in [1.165, 1.54) is 12.1 Å². The second-order valence-corrected chi connectivity index (χ2v) is 7.27. The molecule has 0 unspecified atom stereocenters. The highest BCUT2D eigenvalue weighted by Gasteiger charge is 2.21. The summed E-state index contributed by atoms with van der Waals surface area (Å²) in [4.78, 5) is 21.0. The molecule has 0 spiro atoms. The van der Waals surface area contributed by atoms with Gasteiger partial charge in [-0.15, -0.1) is 24.0 Å². The molecule has 1 saturated heterocycles. The van der Waals surface area contributed by atoms with Crippen molar-refractivity contribution < 1.29 is 13.9 Å². The molecule has 0 aromatic heterocycles. The number of aliphatic imine (C=N–C) groups is 1. The number of hydrogen-bond donors (Lipinski definition) is 2. The molecule has 1 heterocycles. The van der Waals surface area contributed by atoms with Crippen LogP contribution in [-0.4, -0.2) is 70.2 Å². The average Bonchev–Trinajstić information content (AvgIpc) is 2.81. The zero-order valence-corrected chi connectivity index (χ0v) is 20.8. The van der Waals surface area contributed by atoms with Gasteiger partial charge in [0, 0.05) is 46.3 Å². The highest BCUT2D eigenvalue weighted by atomic mass is 127. The largest absolute Gasteiger partial charge is 0.495 e. The molecule has 1 fully saturated rings. The van der Waals surface area contributed by atoms with Crippen LogP contribution in [-0.2, 0) is 11.2 Å². The molecule has 2 aromatic carbocycles. The van der Waals surface area contributed by atoms with E-state index in [0.717, 1.165) is 49.1 Å². The number of para-hydroxylation sites is 2. The molecule has 2 N–H and O–H groups in total. The Bertz CT molecular complexity index is 886. The van der Waals surface area contributed by atoms with E-state index in [0.29, 0.717) is 13.1 Å². The number of halogens is 2. The molecule has 0 radical (unpaired) electrons. The number of anilines is 1. The molecule has 1 aliphatic rings. The second kappa shape index (κ2) is 13.1. The number of nitrogens with zero attached hydrogens (tertiary/aromatic N) is 3. The molecule has 0 atom stereocenters. The third-order valence-corrected chi connectivity index (χ3v) is 5.23. The number of ether oxygens (including phenoxy) is 1. The number of carbonyl (C=O) groups is 1. The Kier molecular flexibility index (Phi) is 10.5. The van der Waals surface area contributed by atoms with Crippen molar-refractivity contribution in [3.63, 3.8) is 0 Å². The Hall–Kier alpha value is -2.56. The lowest BCUT2D eigenvalue weighted by molar-refractivity contribution is -0.120. The van der Waals surface area contributed by atoms with E-state index in [-0.39, 0.29) is 42.1 Å². The molecule has 1 amide bonds. The Morgan fingerprint density at radius 1 is 1.03 bits per heavy atom. The Labute approximate surface area is 206 Å². The molecule has 9 heteroatoms. The smallest absolute Gasteiger partial charge is 0.224 e. The van der Waals surface area contributed by atoms with E-state index >= 15 is 0 Å². The Morgan fingerprint density at radius 3 is 2.34 bits per heavy atom. The number of rotatable bonds is 7. The first-order valence-corrected chi connectivity index (χ1v) is 10.5. The van der Waals surface area contributed by atoms with Crippen molar-refractivity contribution in [1.82, 2.24) is 15.5 Å². The molecule has 0 saturated carbocycles. The third-order valence-electron chi connectivity index (χ3n) is 5.23. The molecule has 7 nitrogen and oxygen atoms in total. The van der Waals surface area contributed by atoms with Gasteiger partial charge in [0.1, 0.15) is 11.6 Å². The average molecular weight is 555 g/mol. The van der Waals surface area contributed by atoms with Crippen molar-refractivity contribution in [2.24, 2.45) is 4.99 Å². The third kappa shape index (κ3) is 7.25. The molecule has 0 bridgehead atoms. The predicted octanol–water partition coefficient (Wildman–Crippen LogP) is 2.51. The normalized spacial score (nSPS) is 13.9. The molecular weight excluding hydrogens is 524 g/mol. The minimum Gasteiger partial charge on any atom is -0.495 e. The van der Waals surface area contributed by atoms with E-state index in [1.807, 2.05) is 18.2 Å². The van der Waals surface area contributed by atoms with Crippen molar-refractivity contribution in [2.75, 3.05) is 58.3 Å². The van der Waals surface area contributed by atoms with E-state index in [4.69, 9.17) is 4.74 Å². The second-order valence-electron chi connectivity index (χ2n) is 7.27. The van der Waals surface area contributed by atoms with Crippen LogP contribution in [0.4, 0.5) is 10.1 Å². The van der Waals surface area contributed by atoms with Crippen LogP contribution in [0.3, 0.4) is 0 Å². The van der Waals surface area contributed by atoms with Gasteiger partial charge in [-0.2, -0.15) is 0 Å². The fourth-order valence-corrected chi connectivity index (χ4v) is 3.61. The lowest BCUT2D eigenvalue weighted by Gasteiger charge is -2.38. The molecule has 1 aliphatic heterocycles. The number of nitrogens with one attached hydrogen (secondary N) is 2. The van der Waals surface area contributed by atoms with Crippen molar-refractivity contribution in [1.29, 1.82) is 0 Å².